The zero-order valence-corrected chi connectivity index (χ0v) is 17.9. The summed E-state index contributed by atoms with van der Waals surface area (Å²) in [5, 5.41) is 8.76. The second-order valence-corrected chi connectivity index (χ2v) is 8.61. The molecule has 150 valence electrons. The molecule has 0 amide bonds. The maximum absolute atomic E-state index is 12.4. The minimum atomic E-state index is -4.05. The molecule has 0 fully saturated rings. The Kier molecular flexibility index (Phi) is 6.42. The largest absolute Gasteiger partial charge is 0.378 e. The van der Waals surface area contributed by atoms with E-state index in [4.69, 9.17) is 27.4 Å². The van der Waals surface area contributed by atoms with E-state index in [0.717, 1.165) is 5.69 Å². The highest BCUT2D eigenvalue weighted by molar-refractivity contribution is 7.87. The topological polar surface area (TPSA) is 71.3 Å². The highest BCUT2D eigenvalue weighted by Crippen LogP contribution is 2.30. The third kappa shape index (κ3) is 5.47. The molecule has 0 saturated heterocycles. The molecule has 0 radical (unpaired) electrons. The first kappa shape index (κ1) is 21.1. The van der Waals surface area contributed by atoms with E-state index < -0.39 is 10.1 Å². The Balaban J connectivity index is 1.73. The first-order valence-electron chi connectivity index (χ1n) is 8.43. The van der Waals surface area contributed by atoms with E-state index in [2.05, 4.69) is 10.2 Å². The summed E-state index contributed by atoms with van der Waals surface area (Å²) in [6.07, 6.45) is 0. The lowest BCUT2D eigenvalue weighted by Gasteiger charge is -2.11. The van der Waals surface area contributed by atoms with Gasteiger partial charge in [-0.1, -0.05) is 23.2 Å². The summed E-state index contributed by atoms with van der Waals surface area (Å²) in [6, 6.07) is 17.7. The fourth-order valence-corrected chi connectivity index (χ4v) is 3.76. The van der Waals surface area contributed by atoms with Crippen molar-refractivity contribution in [1.29, 1.82) is 0 Å². The second-order valence-electron chi connectivity index (χ2n) is 6.22. The molecular weight excluding hydrogens is 433 g/mol. The van der Waals surface area contributed by atoms with Gasteiger partial charge in [0.25, 0.3) is 0 Å². The number of anilines is 1. The van der Waals surface area contributed by atoms with Crippen LogP contribution in [0.2, 0.25) is 10.0 Å². The third-order valence-corrected chi connectivity index (χ3v) is 5.64. The van der Waals surface area contributed by atoms with Gasteiger partial charge in [-0.05, 0) is 66.7 Å². The monoisotopic (exact) mass is 449 g/mol. The summed E-state index contributed by atoms with van der Waals surface area (Å²) < 4.78 is 30.0. The Morgan fingerprint density at radius 1 is 0.828 bits per heavy atom. The van der Waals surface area contributed by atoms with E-state index >= 15 is 0 Å². The van der Waals surface area contributed by atoms with E-state index in [1.807, 2.05) is 43.3 Å². The predicted octanol–water partition coefficient (Wildman–Crippen LogP) is 6.24. The minimum absolute atomic E-state index is 0.000928. The number of benzene rings is 3. The number of hydrogen-bond donors (Lipinski definition) is 0. The third-order valence-electron chi connectivity index (χ3n) is 3.87. The van der Waals surface area contributed by atoms with Crippen LogP contribution in [-0.2, 0) is 10.1 Å². The summed E-state index contributed by atoms with van der Waals surface area (Å²) in [4.78, 5) is 1.96. The molecule has 0 heterocycles. The van der Waals surface area contributed by atoms with E-state index in [1.54, 1.807) is 0 Å². The minimum Gasteiger partial charge on any atom is -0.378 e. The number of halogens is 2. The van der Waals surface area contributed by atoms with E-state index in [-0.39, 0.29) is 15.7 Å². The van der Waals surface area contributed by atoms with Crippen LogP contribution in [0.15, 0.2) is 81.9 Å². The first-order valence-corrected chi connectivity index (χ1v) is 10.6. The maximum Gasteiger partial charge on any atom is 0.339 e. The van der Waals surface area contributed by atoms with Gasteiger partial charge < -0.3 is 9.08 Å². The van der Waals surface area contributed by atoms with E-state index in [0.29, 0.717) is 16.4 Å². The van der Waals surface area contributed by atoms with Gasteiger partial charge in [0, 0.05) is 24.8 Å². The Morgan fingerprint density at radius 2 is 1.38 bits per heavy atom. The predicted molar refractivity (Wildman–Crippen MR) is 116 cm³/mol. The Bertz CT molecular complexity index is 1130. The standard InChI is InChI=1S/C20H17Cl2N3O3S/c1-25(2)17-8-4-15(5-9-17)23-24-16-6-10-18(11-7-16)29(26,27)28-20-12-3-14(21)13-19(20)22/h3-13H,1-2H3. The Morgan fingerprint density at radius 3 is 1.90 bits per heavy atom. The van der Waals surface area contributed by atoms with Crippen molar-refractivity contribution >= 4 is 50.4 Å². The summed E-state index contributed by atoms with van der Waals surface area (Å²) in [5.41, 5.74) is 2.25. The van der Waals surface area contributed by atoms with Gasteiger partial charge in [0.15, 0.2) is 5.75 Å². The fraction of sp³-hybridized carbons (Fsp3) is 0.100. The number of nitrogens with zero attached hydrogens (tertiary/aromatic N) is 3. The highest BCUT2D eigenvalue weighted by Gasteiger charge is 2.18. The van der Waals surface area contributed by atoms with Gasteiger partial charge in [-0.15, -0.1) is 0 Å². The van der Waals surface area contributed by atoms with Crippen LogP contribution in [0.4, 0.5) is 17.1 Å². The van der Waals surface area contributed by atoms with Crippen LogP contribution in [-0.4, -0.2) is 22.5 Å². The Labute approximate surface area is 179 Å². The van der Waals surface area contributed by atoms with Crippen LogP contribution < -0.4 is 9.08 Å². The molecular formula is C20H17Cl2N3O3S. The summed E-state index contributed by atoms with van der Waals surface area (Å²) in [5.74, 6) is 0.000928. The van der Waals surface area contributed by atoms with Crippen molar-refractivity contribution in [2.24, 2.45) is 10.2 Å². The average Bonchev–Trinajstić information content (AvgIpc) is 2.69. The highest BCUT2D eigenvalue weighted by atomic mass is 35.5. The molecule has 0 unspecified atom stereocenters. The van der Waals surface area contributed by atoms with Gasteiger partial charge in [-0.2, -0.15) is 18.6 Å². The molecule has 6 nitrogen and oxygen atoms in total. The van der Waals surface area contributed by atoms with Gasteiger partial charge >= 0.3 is 10.1 Å². The zero-order chi connectivity index (χ0) is 21.0. The summed E-state index contributed by atoms with van der Waals surface area (Å²) >= 11 is 11.8. The molecule has 0 aliphatic heterocycles. The number of hydrogen-bond acceptors (Lipinski definition) is 6. The molecule has 3 aromatic rings. The quantitative estimate of drug-likeness (QED) is 0.329. The van der Waals surface area contributed by atoms with E-state index in [9.17, 15) is 8.42 Å². The Hall–Kier alpha value is -2.61. The van der Waals surface area contributed by atoms with Crippen LogP contribution >= 0.6 is 23.2 Å². The normalized spacial score (nSPS) is 11.6. The molecule has 0 saturated carbocycles. The summed E-state index contributed by atoms with van der Waals surface area (Å²) in [6.45, 7) is 0. The summed E-state index contributed by atoms with van der Waals surface area (Å²) in [7, 11) is -0.140. The lowest BCUT2D eigenvalue weighted by molar-refractivity contribution is 0.486. The maximum atomic E-state index is 12.4. The molecule has 3 rings (SSSR count). The van der Waals surface area contributed by atoms with Crippen molar-refractivity contribution in [2.75, 3.05) is 19.0 Å². The van der Waals surface area contributed by atoms with E-state index in [1.165, 1.54) is 42.5 Å². The van der Waals surface area contributed by atoms with Gasteiger partial charge in [-0.25, -0.2) is 0 Å². The van der Waals surface area contributed by atoms with Gasteiger partial charge in [0.05, 0.1) is 16.4 Å². The van der Waals surface area contributed by atoms with Gasteiger partial charge in [-0.3, -0.25) is 0 Å². The smallest absolute Gasteiger partial charge is 0.339 e. The molecule has 0 spiro atoms. The molecule has 29 heavy (non-hydrogen) atoms. The van der Waals surface area contributed by atoms with Crippen LogP contribution in [0, 0.1) is 0 Å². The molecule has 3 aromatic carbocycles. The lowest BCUT2D eigenvalue weighted by Crippen LogP contribution is -2.09. The van der Waals surface area contributed by atoms with Gasteiger partial charge in [0.1, 0.15) is 4.90 Å². The molecule has 0 aliphatic rings. The van der Waals surface area contributed by atoms with Crippen LogP contribution in [0.25, 0.3) is 0 Å². The molecule has 9 heteroatoms. The van der Waals surface area contributed by atoms with Crippen molar-refractivity contribution in [2.45, 2.75) is 4.90 Å². The lowest BCUT2D eigenvalue weighted by atomic mass is 10.3. The van der Waals surface area contributed by atoms with Crippen molar-refractivity contribution in [3.05, 3.63) is 76.8 Å². The number of rotatable bonds is 6. The molecule has 0 N–H and O–H groups in total. The molecule has 0 atom stereocenters. The second kappa shape index (κ2) is 8.82. The van der Waals surface area contributed by atoms with Crippen LogP contribution in [0.3, 0.4) is 0 Å². The van der Waals surface area contributed by atoms with Crippen molar-refractivity contribution in [3.63, 3.8) is 0 Å². The average molecular weight is 450 g/mol. The van der Waals surface area contributed by atoms with Crippen LogP contribution in [0.5, 0.6) is 5.75 Å². The number of azo groups is 1. The molecule has 0 bridgehead atoms. The SMILES string of the molecule is CN(C)c1ccc(N=Nc2ccc(S(=O)(=O)Oc3ccc(Cl)cc3Cl)cc2)cc1. The van der Waals surface area contributed by atoms with Crippen molar-refractivity contribution in [1.82, 2.24) is 0 Å². The zero-order valence-electron chi connectivity index (χ0n) is 15.6. The molecule has 0 aromatic heterocycles. The van der Waals surface area contributed by atoms with Crippen LogP contribution in [0.1, 0.15) is 0 Å². The first-order chi connectivity index (χ1) is 13.7. The van der Waals surface area contributed by atoms with Crippen molar-refractivity contribution < 1.29 is 12.6 Å². The molecule has 0 aliphatic carbocycles. The fourth-order valence-electron chi connectivity index (χ4n) is 2.32. The van der Waals surface area contributed by atoms with Crippen molar-refractivity contribution in [3.8, 4) is 5.75 Å². The van der Waals surface area contributed by atoms with Gasteiger partial charge in [0.2, 0.25) is 0 Å².